The molecule has 1 atom stereocenters. The van der Waals surface area contributed by atoms with E-state index in [9.17, 15) is 9.90 Å². The molecule has 22 heavy (non-hydrogen) atoms. The molecule has 1 aliphatic rings. The van der Waals surface area contributed by atoms with Crippen molar-refractivity contribution in [3.8, 4) is 0 Å². The third-order valence-electron chi connectivity index (χ3n) is 4.80. The molecule has 0 radical (unpaired) electrons. The first kappa shape index (κ1) is 16.8. The van der Waals surface area contributed by atoms with E-state index in [1.54, 1.807) is 14.1 Å². The lowest BCUT2D eigenvalue weighted by molar-refractivity contribution is -0.0211. The Morgan fingerprint density at radius 3 is 2.50 bits per heavy atom. The van der Waals surface area contributed by atoms with Crippen molar-refractivity contribution in [2.45, 2.75) is 50.5 Å². The highest BCUT2D eigenvalue weighted by Crippen LogP contribution is 2.40. The Balaban J connectivity index is 2.24. The second kappa shape index (κ2) is 7.14. The zero-order chi connectivity index (χ0) is 16.2. The number of rotatable bonds is 4. The van der Waals surface area contributed by atoms with Gasteiger partial charge in [-0.25, -0.2) is 4.79 Å². The fourth-order valence-corrected chi connectivity index (χ4v) is 3.43. The summed E-state index contributed by atoms with van der Waals surface area (Å²) in [6, 6.07) is 8.06. The molecule has 0 spiro atoms. The lowest BCUT2D eigenvalue weighted by Gasteiger charge is -2.40. The van der Waals surface area contributed by atoms with Crippen LogP contribution in [-0.4, -0.2) is 42.3 Å². The molecule has 122 valence electrons. The highest BCUT2D eigenvalue weighted by Gasteiger charge is 2.39. The van der Waals surface area contributed by atoms with E-state index in [-0.39, 0.29) is 11.9 Å². The zero-order valence-electron chi connectivity index (χ0n) is 13.9. The molecule has 0 aliphatic heterocycles. The molecule has 2 amide bonds. The number of nitrogens with one attached hydrogen (secondary N) is 1. The minimum Gasteiger partial charge on any atom is -0.389 e. The summed E-state index contributed by atoms with van der Waals surface area (Å²) in [5.74, 6) is -0.0575. The monoisotopic (exact) mass is 304 g/mol. The third kappa shape index (κ3) is 3.80. The van der Waals surface area contributed by atoms with E-state index >= 15 is 0 Å². The van der Waals surface area contributed by atoms with Crippen molar-refractivity contribution in [2.75, 3.05) is 20.6 Å². The van der Waals surface area contributed by atoms with Crippen LogP contribution in [0.2, 0.25) is 0 Å². The van der Waals surface area contributed by atoms with Crippen molar-refractivity contribution in [1.82, 2.24) is 10.2 Å². The Labute approximate surface area is 133 Å². The predicted octanol–water partition coefficient (Wildman–Crippen LogP) is 3.05. The van der Waals surface area contributed by atoms with Crippen molar-refractivity contribution in [3.05, 3.63) is 35.4 Å². The summed E-state index contributed by atoms with van der Waals surface area (Å²) in [7, 11) is 3.46. The SMILES string of the molecule is Cc1ccccc1C(CNC(=O)N(C)C)C1(O)CCCCC1. The number of aryl methyl sites for hydroxylation is 1. The van der Waals surface area contributed by atoms with Gasteiger partial charge < -0.3 is 15.3 Å². The normalized spacial score (nSPS) is 18.5. The zero-order valence-corrected chi connectivity index (χ0v) is 13.9. The second-order valence-electron chi connectivity index (χ2n) is 6.65. The largest absolute Gasteiger partial charge is 0.389 e. The molecule has 1 aliphatic carbocycles. The number of urea groups is 1. The van der Waals surface area contributed by atoms with Gasteiger partial charge in [-0.15, -0.1) is 0 Å². The van der Waals surface area contributed by atoms with Crippen molar-refractivity contribution < 1.29 is 9.90 Å². The average Bonchev–Trinajstić information content (AvgIpc) is 2.49. The Morgan fingerprint density at radius 1 is 1.27 bits per heavy atom. The van der Waals surface area contributed by atoms with Gasteiger partial charge in [0.05, 0.1) is 5.60 Å². The third-order valence-corrected chi connectivity index (χ3v) is 4.80. The van der Waals surface area contributed by atoms with Gasteiger partial charge in [-0.3, -0.25) is 0 Å². The van der Waals surface area contributed by atoms with Gasteiger partial charge in [-0.05, 0) is 30.9 Å². The maximum absolute atomic E-state index is 11.9. The molecule has 2 N–H and O–H groups in total. The molecule has 1 aromatic carbocycles. The first-order valence-corrected chi connectivity index (χ1v) is 8.17. The number of hydrogen-bond acceptors (Lipinski definition) is 2. The van der Waals surface area contributed by atoms with Crippen molar-refractivity contribution in [1.29, 1.82) is 0 Å². The highest BCUT2D eigenvalue weighted by atomic mass is 16.3. The molecular formula is C18H28N2O2. The summed E-state index contributed by atoms with van der Waals surface area (Å²) >= 11 is 0. The van der Waals surface area contributed by atoms with Gasteiger partial charge in [-0.2, -0.15) is 0 Å². The smallest absolute Gasteiger partial charge is 0.316 e. The summed E-state index contributed by atoms with van der Waals surface area (Å²) in [6.45, 7) is 2.54. The number of nitrogens with zero attached hydrogens (tertiary/aromatic N) is 1. The van der Waals surface area contributed by atoms with E-state index in [4.69, 9.17) is 0 Å². The van der Waals surface area contributed by atoms with Crippen LogP contribution in [-0.2, 0) is 0 Å². The van der Waals surface area contributed by atoms with Crippen molar-refractivity contribution in [3.63, 3.8) is 0 Å². The maximum atomic E-state index is 11.9. The van der Waals surface area contributed by atoms with E-state index < -0.39 is 5.60 Å². The number of carbonyl (C=O) groups is 1. The molecule has 2 rings (SSSR count). The van der Waals surface area contributed by atoms with Crippen LogP contribution in [0.25, 0.3) is 0 Å². The second-order valence-corrected chi connectivity index (χ2v) is 6.65. The van der Waals surface area contributed by atoms with Crippen LogP contribution in [0.4, 0.5) is 4.79 Å². The maximum Gasteiger partial charge on any atom is 0.316 e. The molecule has 0 bridgehead atoms. The molecule has 1 fully saturated rings. The summed E-state index contributed by atoms with van der Waals surface area (Å²) < 4.78 is 0. The molecular weight excluding hydrogens is 276 g/mol. The number of carbonyl (C=O) groups excluding carboxylic acids is 1. The van der Waals surface area contributed by atoms with Gasteiger partial charge >= 0.3 is 6.03 Å². The number of aliphatic hydroxyl groups is 1. The lowest BCUT2D eigenvalue weighted by atomic mass is 9.72. The lowest BCUT2D eigenvalue weighted by Crippen LogP contribution is -2.46. The minimum absolute atomic E-state index is 0.0575. The van der Waals surface area contributed by atoms with Crippen LogP contribution in [0, 0.1) is 6.92 Å². The van der Waals surface area contributed by atoms with Crippen LogP contribution in [0.1, 0.15) is 49.1 Å². The van der Waals surface area contributed by atoms with Gasteiger partial charge in [0, 0.05) is 26.6 Å². The van der Waals surface area contributed by atoms with Gasteiger partial charge in [0.25, 0.3) is 0 Å². The fourth-order valence-electron chi connectivity index (χ4n) is 3.43. The Hall–Kier alpha value is -1.55. The van der Waals surface area contributed by atoms with Crippen LogP contribution >= 0.6 is 0 Å². The Bertz CT molecular complexity index is 508. The van der Waals surface area contributed by atoms with Crippen LogP contribution in [0.5, 0.6) is 0 Å². The summed E-state index contributed by atoms with van der Waals surface area (Å²) in [6.07, 6.45) is 4.92. The van der Waals surface area contributed by atoms with E-state index in [0.29, 0.717) is 6.54 Å². The molecule has 0 heterocycles. The van der Waals surface area contributed by atoms with E-state index in [2.05, 4.69) is 24.4 Å². The van der Waals surface area contributed by atoms with Crippen LogP contribution in [0.3, 0.4) is 0 Å². The topological polar surface area (TPSA) is 52.6 Å². The van der Waals surface area contributed by atoms with Crippen molar-refractivity contribution in [2.24, 2.45) is 0 Å². The first-order chi connectivity index (χ1) is 10.4. The molecule has 4 heteroatoms. The van der Waals surface area contributed by atoms with Gasteiger partial charge in [0.2, 0.25) is 0 Å². The average molecular weight is 304 g/mol. The Kier molecular flexibility index (Phi) is 5.46. The molecule has 0 saturated heterocycles. The molecule has 1 aromatic rings. The quantitative estimate of drug-likeness (QED) is 0.898. The van der Waals surface area contributed by atoms with Crippen molar-refractivity contribution >= 4 is 6.03 Å². The number of hydrogen-bond donors (Lipinski definition) is 2. The summed E-state index contributed by atoms with van der Waals surface area (Å²) in [5, 5.41) is 14.2. The molecule has 4 nitrogen and oxygen atoms in total. The first-order valence-electron chi connectivity index (χ1n) is 8.17. The molecule has 1 saturated carbocycles. The number of benzene rings is 1. The van der Waals surface area contributed by atoms with E-state index in [1.165, 1.54) is 16.9 Å². The molecule has 0 aromatic heterocycles. The van der Waals surface area contributed by atoms with Crippen LogP contribution < -0.4 is 5.32 Å². The Morgan fingerprint density at radius 2 is 1.91 bits per heavy atom. The van der Waals surface area contributed by atoms with Gasteiger partial charge in [-0.1, -0.05) is 43.5 Å². The fraction of sp³-hybridized carbons (Fsp3) is 0.611. The predicted molar refractivity (Wildman–Crippen MR) is 89.0 cm³/mol. The summed E-state index contributed by atoms with van der Waals surface area (Å²) in [4.78, 5) is 13.4. The number of amides is 2. The molecule has 1 unspecified atom stereocenters. The summed E-state index contributed by atoms with van der Waals surface area (Å²) in [5.41, 5.74) is 1.60. The van der Waals surface area contributed by atoms with E-state index in [1.807, 2.05) is 12.1 Å². The minimum atomic E-state index is -0.718. The van der Waals surface area contributed by atoms with Gasteiger partial charge in [0.15, 0.2) is 0 Å². The highest BCUT2D eigenvalue weighted by molar-refractivity contribution is 5.73. The van der Waals surface area contributed by atoms with Crippen LogP contribution in [0.15, 0.2) is 24.3 Å². The van der Waals surface area contributed by atoms with E-state index in [0.717, 1.165) is 31.2 Å². The van der Waals surface area contributed by atoms with Gasteiger partial charge in [0.1, 0.15) is 0 Å². The standard InChI is InChI=1S/C18H28N2O2/c1-14-9-5-6-10-15(14)16(13-19-17(21)20(2)3)18(22)11-7-4-8-12-18/h5-6,9-10,16,22H,4,7-8,11-13H2,1-3H3,(H,19,21).